The van der Waals surface area contributed by atoms with Gasteiger partial charge in [0.05, 0.1) is 19.1 Å². The number of benzene rings is 2. The Hall–Kier alpha value is -3.39. The van der Waals surface area contributed by atoms with Crippen LogP contribution in [0.25, 0.3) is 11.4 Å². The van der Waals surface area contributed by atoms with Crippen molar-refractivity contribution in [2.45, 2.75) is 45.3 Å². The highest BCUT2D eigenvalue weighted by Crippen LogP contribution is 2.41. The van der Waals surface area contributed by atoms with Gasteiger partial charge in [-0.1, -0.05) is 48.3 Å². The summed E-state index contributed by atoms with van der Waals surface area (Å²) in [7, 11) is 1.58. The van der Waals surface area contributed by atoms with Crippen LogP contribution in [0.3, 0.4) is 0 Å². The van der Waals surface area contributed by atoms with Gasteiger partial charge in [0.2, 0.25) is 11.7 Å². The molecule has 0 spiro atoms. The average Bonchev–Trinajstić information content (AvgIpc) is 3.36. The Morgan fingerprint density at radius 2 is 1.97 bits per heavy atom. The van der Waals surface area contributed by atoms with Crippen LogP contribution in [-0.2, 0) is 20.9 Å². The molecule has 0 N–H and O–H groups in total. The molecule has 2 heterocycles. The zero-order chi connectivity index (χ0) is 24.8. The number of piperidine rings is 1. The molecule has 1 aromatic heterocycles. The number of ether oxygens (including phenoxy) is 2. The van der Waals surface area contributed by atoms with Crippen LogP contribution in [0.15, 0.2) is 53.1 Å². The third-order valence-electron chi connectivity index (χ3n) is 6.13. The minimum atomic E-state index is -0.542. The van der Waals surface area contributed by atoms with Gasteiger partial charge in [0.25, 0.3) is 5.89 Å². The highest BCUT2D eigenvalue weighted by atomic mass is 35.5. The van der Waals surface area contributed by atoms with E-state index in [0.29, 0.717) is 29.6 Å². The van der Waals surface area contributed by atoms with Crippen molar-refractivity contribution in [3.63, 3.8) is 0 Å². The lowest BCUT2D eigenvalue weighted by Gasteiger charge is -2.40. The molecule has 0 bridgehead atoms. The van der Waals surface area contributed by atoms with E-state index in [-0.39, 0.29) is 24.8 Å². The second-order valence-corrected chi connectivity index (χ2v) is 8.84. The predicted molar refractivity (Wildman–Crippen MR) is 130 cm³/mol. The van der Waals surface area contributed by atoms with Crippen molar-refractivity contribution >= 4 is 23.5 Å². The second-order valence-electron chi connectivity index (χ2n) is 8.40. The van der Waals surface area contributed by atoms with Gasteiger partial charge in [-0.3, -0.25) is 9.59 Å². The minimum absolute atomic E-state index is 0.0305. The van der Waals surface area contributed by atoms with Crippen LogP contribution in [0.2, 0.25) is 5.02 Å². The normalized spacial score (nSPS) is 17.9. The number of hydrogen-bond donors (Lipinski definition) is 0. The lowest BCUT2D eigenvalue weighted by atomic mass is 9.83. The molecule has 1 fully saturated rings. The molecule has 3 aromatic rings. The summed E-state index contributed by atoms with van der Waals surface area (Å²) >= 11 is 5.93. The first-order chi connectivity index (χ1) is 17.0. The number of aromatic nitrogens is 2. The molecule has 2 aromatic carbocycles. The molecule has 1 aliphatic rings. The number of halogens is 1. The van der Waals surface area contributed by atoms with E-state index < -0.39 is 17.9 Å². The molecule has 4 rings (SSSR count). The van der Waals surface area contributed by atoms with E-state index >= 15 is 0 Å². The van der Waals surface area contributed by atoms with E-state index in [4.69, 9.17) is 25.6 Å². The number of carbonyl (C=O) groups is 2. The van der Waals surface area contributed by atoms with E-state index in [1.54, 1.807) is 36.3 Å². The Morgan fingerprint density at radius 1 is 1.20 bits per heavy atom. The molecule has 184 valence electrons. The maximum Gasteiger partial charge on any atom is 0.311 e. The fourth-order valence-corrected chi connectivity index (χ4v) is 4.48. The fraction of sp³-hybridized carbons (Fsp3) is 0.385. The van der Waals surface area contributed by atoms with E-state index in [2.05, 4.69) is 17.1 Å². The molecule has 8 nitrogen and oxygen atoms in total. The molecule has 2 unspecified atom stereocenters. The van der Waals surface area contributed by atoms with Crippen molar-refractivity contribution in [3.05, 3.63) is 65.0 Å². The number of hydrogen-bond acceptors (Lipinski definition) is 7. The third-order valence-corrected chi connectivity index (χ3v) is 6.38. The van der Waals surface area contributed by atoms with Gasteiger partial charge in [-0.15, -0.1) is 0 Å². The van der Waals surface area contributed by atoms with E-state index in [9.17, 15) is 9.59 Å². The molecule has 35 heavy (non-hydrogen) atoms. The summed E-state index contributed by atoms with van der Waals surface area (Å²) in [6.07, 6.45) is 2.46. The number of esters is 1. The number of para-hydroxylation sites is 1. The summed E-state index contributed by atoms with van der Waals surface area (Å²) in [5.41, 5.74) is 1.54. The van der Waals surface area contributed by atoms with Crippen LogP contribution < -0.4 is 4.74 Å². The van der Waals surface area contributed by atoms with Gasteiger partial charge >= 0.3 is 5.97 Å². The molecular formula is C26H28ClN3O5. The fourth-order valence-electron chi connectivity index (χ4n) is 4.36. The molecule has 1 aliphatic heterocycles. The van der Waals surface area contributed by atoms with Gasteiger partial charge in [-0.2, -0.15) is 4.98 Å². The molecule has 2 atom stereocenters. The first kappa shape index (κ1) is 24.7. The van der Waals surface area contributed by atoms with Gasteiger partial charge in [-0.05, 0) is 43.2 Å². The van der Waals surface area contributed by atoms with Gasteiger partial charge in [-0.25, -0.2) is 0 Å². The maximum absolute atomic E-state index is 13.3. The number of carbonyl (C=O) groups excluding carboxylic acids is 2. The summed E-state index contributed by atoms with van der Waals surface area (Å²) in [6.45, 7) is 2.48. The van der Waals surface area contributed by atoms with Crippen molar-refractivity contribution in [1.82, 2.24) is 15.0 Å². The molecule has 0 aliphatic carbocycles. The number of likely N-dealkylation sites (tertiary alicyclic amines) is 1. The first-order valence-electron chi connectivity index (χ1n) is 11.7. The topological polar surface area (TPSA) is 94.8 Å². The summed E-state index contributed by atoms with van der Waals surface area (Å²) in [6, 6.07) is 14.1. The standard InChI is InChI=1S/C26H28ClN3O5/c1-3-4-15-30-23(31)14-13-20(24(30)19-7-5-6-8-21(19)33-2)26(32)34-16-22-28-25(29-35-22)17-9-11-18(27)12-10-17/h5-12,20,24H,3-4,13-16H2,1-2H3. The molecule has 1 amide bonds. The van der Waals surface area contributed by atoms with Gasteiger partial charge in [0, 0.05) is 29.1 Å². The molecule has 0 radical (unpaired) electrons. The first-order valence-corrected chi connectivity index (χ1v) is 12.1. The monoisotopic (exact) mass is 497 g/mol. The summed E-state index contributed by atoms with van der Waals surface area (Å²) < 4.78 is 16.4. The number of rotatable bonds is 9. The highest BCUT2D eigenvalue weighted by Gasteiger charge is 2.42. The largest absolute Gasteiger partial charge is 0.496 e. The molecule has 0 saturated carbocycles. The number of unbranched alkanes of at least 4 members (excludes halogenated alkanes) is 1. The van der Waals surface area contributed by atoms with Crippen molar-refractivity contribution < 1.29 is 23.6 Å². The van der Waals surface area contributed by atoms with Gasteiger partial charge in [0.15, 0.2) is 6.61 Å². The Morgan fingerprint density at radius 3 is 2.71 bits per heavy atom. The van der Waals surface area contributed by atoms with Crippen molar-refractivity contribution in [2.24, 2.45) is 5.92 Å². The summed E-state index contributed by atoms with van der Waals surface area (Å²) in [4.78, 5) is 32.3. The Bertz CT molecular complexity index is 1160. The lowest BCUT2D eigenvalue weighted by molar-refractivity contribution is -0.159. The SMILES string of the molecule is CCCCN1C(=O)CCC(C(=O)OCc2nc(-c3ccc(Cl)cc3)no2)C1c1ccccc1OC. The van der Waals surface area contributed by atoms with Crippen LogP contribution in [0.4, 0.5) is 0 Å². The minimum Gasteiger partial charge on any atom is -0.496 e. The molecule has 9 heteroatoms. The van der Waals surface area contributed by atoms with Crippen molar-refractivity contribution in [3.8, 4) is 17.1 Å². The van der Waals surface area contributed by atoms with Crippen LogP contribution in [0, 0.1) is 5.92 Å². The zero-order valence-electron chi connectivity index (χ0n) is 19.8. The van der Waals surface area contributed by atoms with Gasteiger partial charge < -0.3 is 18.9 Å². The number of nitrogens with zero attached hydrogens (tertiary/aromatic N) is 3. The Balaban J connectivity index is 1.53. The average molecular weight is 498 g/mol. The maximum atomic E-state index is 13.3. The Kier molecular flexibility index (Phi) is 8.02. The van der Waals surface area contributed by atoms with Crippen molar-refractivity contribution in [1.29, 1.82) is 0 Å². The quantitative estimate of drug-likeness (QED) is 0.374. The van der Waals surface area contributed by atoms with Crippen LogP contribution in [0.5, 0.6) is 5.75 Å². The van der Waals surface area contributed by atoms with Crippen LogP contribution in [-0.4, -0.2) is 40.6 Å². The van der Waals surface area contributed by atoms with Gasteiger partial charge in [0.1, 0.15) is 5.75 Å². The second kappa shape index (κ2) is 11.4. The van der Waals surface area contributed by atoms with Crippen LogP contribution in [0.1, 0.15) is 50.1 Å². The predicted octanol–water partition coefficient (Wildman–Crippen LogP) is 5.22. The zero-order valence-corrected chi connectivity index (χ0v) is 20.5. The van der Waals surface area contributed by atoms with Crippen molar-refractivity contribution in [2.75, 3.05) is 13.7 Å². The van der Waals surface area contributed by atoms with E-state index in [1.165, 1.54) is 0 Å². The Labute approximate surface area is 209 Å². The number of amides is 1. The molecule has 1 saturated heterocycles. The van der Waals surface area contributed by atoms with E-state index in [1.807, 2.05) is 24.3 Å². The highest BCUT2D eigenvalue weighted by molar-refractivity contribution is 6.30. The van der Waals surface area contributed by atoms with Crippen LogP contribution >= 0.6 is 11.6 Å². The number of methoxy groups -OCH3 is 1. The van der Waals surface area contributed by atoms with E-state index in [0.717, 1.165) is 24.0 Å². The smallest absolute Gasteiger partial charge is 0.311 e. The third kappa shape index (κ3) is 5.65. The summed E-state index contributed by atoms with van der Waals surface area (Å²) in [5.74, 6) is 0.278. The summed E-state index contributed by atoms with van der Waals surface area (Å²) in [5, 5.41) is 4.56. The molecular weight excluding hydrogens is 470 g/mol. The lowest BCUT2D eigenvalue weighted by Crippen LogP contribution is -2.46.